The van der Waals surface area contributed by atoms with Crippen LogP contribution in [0.15, 0.2) is 29.2 Å². The van der Waals surface area contributed by atoms with Crippen LogP contribution in [0.2, 0.25) is 0 Å². The van der Waals surface area contributed by atoms with Crippen LogP contribution in [0.1, 0.15) is 5.56 Å². The first kappa shape index (κ1) is 7.61. The average molecular weight is 156 g/mol. The Labute approximate surface area is 65.5 Å². The van der Waals surface area contributed by atoms with Gasteiger partial charge in [-0.15, -0.1) is 12.6 Å². The Morgan fingerprint density at radius 1 is 1.30 bits per heavy atom. The second-order valence-corrected chi connectivity index (χ2v) is 2.55. The third-order valence-electron chi connectivity index (χ3n) is 1.36. The van der Waals surface area contributed by atoms with Gasteiger partial charge >= 0.3 is 0 Å². The molecule has 0 aliphatic carbocycles. The van der Waals surface area contributed by atoms with Crippen LogP contribution in [0.5, 0.6) is 0 Å². The Morgan fingerprint density at radius 2 is 2.00 bits per heavy atom. The van der Waals surface area contributed by atoms with Crippen molar-refractivity contribution < 1.29 is 4.39 Å². The topological polar surface area (TPSA) is 0 Å². The maximum absolute atomic E-state index is 11.8. The van der Waals surface area contributed by atoms with Crippen LogP contribution >= 0.6 is 12.6 Å². The van der Waals surface area contributed by atoms with E-state index in [1.165, 1.54) is 0 Å². The minimum Gasteiger partial charge on any atom is -0.251 e. The molecule has 0 saturated heterocycles. The summed E-state index contributed by atoms with van der Waals surface area (Å²) in [6.45, 7) is -0.308. The number of hydrogen-bond donors (Lipinski definition) is 1. The first-order valence-corrected chi connectivity index (χ1v) is 3.62. The molecule has 2 heteroatoms. The summed E-state index contributed by atoms with van der Waals surface area (Å²) in [6, 6.07) is 7.55. The number of thiol groups is 1. The lowest BCUT2D eigenvalue weighted by molar-refractivity contribution is 0.493. The summed E-state index contributed by atoms with van der Waals surface area (Å²) in [6.07, 6.45) is 0.472. The first-order chi connectivity index (χ1) is 4.84. The number of hydrogen-bond acceptors (Lipinski definition) is 1. The largest absolute Gasteiger partial charge is 0.251 e. The summed E-state index contributed by atoms with van der Waals surface area (Å²) in [7, 11) is 0. The molecule has 0 fully saturated rings. The third kappa shape index (κ3) is 1.74. The van der Waals surface area contributed by atoms with Gasteiger partial charge < -0.3 is 0 Å². The Bertz CT molecular complexity index is 210. The number of rotatable bonds is 2. The van der Waals surface area contributed by atoms with Crippen molar-refractivity contribution in [2.75, 3.05) is 6.67 Å². The molecule has 1 aromatic carbocycles. The molecule has 54 valence electrons. The predicted octanol–water partition coefficient (Wildman–Crippen LogP) is 2.49. The summed E-state index contributed by atoms with van der Waals surface area (Å²) in [5.41, 5.74) is 0.980. The minimum atomic E-state index is -0.308. The van der Waals surface area contributed by atoms with Crippen LogP contribution in [0, 0.1) is 0 Å². The smallest absolute Gasteiger partial charge is 0.0935 e. The molecule has 0 saturated carbocycles. The molecule has 0 aliphatic heterocycles. The molecule has 0 heterocycles. The van der Waals surface area contributed by atoms with Gasteiger partial charge in [0.05, 0.1) is 6.67 Å². The Hall–Kier alpha value is -0.500. The van der Waals surface area contributed by atoms with Gasteiger partial charge in [-0.2, -0.15) is 0 Å². The molecule has 1 rings (SSSR count). The number of aryl methyl sites for hydroxylation is 1. The van der Waals surface area contributed by atoms with Crippen molar-refractivity contribution in [2.24, 2.45) is 0 Å². The quantitative estimate of drug-likeness (QED) is 0.625. The van der Waals surface area contributed by atoms with Crippen molar-refractivity contribution in [2.45, 2.75) is 11.3 Å². The monoisotopic (exact) mass is 156 g/mol. The Balaban J connectivity index is 2.81. The highest BCUT2D eigenvalue weighted by Gasteiger charge is 1.94. The normalized spacial score (nSPS) is 9.80. The summed E-state index contributed by atoms with van der Waals surface area (Å²) >= 11 is 4.17. The Kier molecular flexibility index (Phi) is 2.75. The van der Waals surface area contributed by atoms with Gasteiger partial charge in [0.1, 0.15) is 0 Å². The third-order valence-corrected chi connectivity index (χ3v) is 1.79. The van der Waals surface area contributed by atoms with Crippen molar-refractivity contribution in [1.29, 1.82) is 0 Å². The van der Waals surface area contributed by atoms with E-state index in [1.807, 2.05) is 24.3 Å². The summed E-state index contributed by atoms with van der Waals surface area (Å²) in [5, 5.41) is 0. The van der Waals surface area contributed by atoms with E-state index < -0.39 is 0 Å². The van der Waals surface area contributed by atoms with Gasteiger partial charge in [0.2, 0.25) is 0 Å². The highest BCUT2D eigenvalue weighted by molar-refractivity contribution is 7.80. The molecule has 10 heavy (non-hydrogen) atoms. The van der Waals surface area contributed by atoms with Gasteiger partial charge in [-0.3, -0.25) is 4.39 Å². The first-order valence-electron chi connectivity index (χ1n) is 3.17. The van der Waals surface area contributed by atoms with Crippen molar-refractivity contribution in [3.63, 3.8) is 0 Å². The standard InChI is InChI=1S/C8H9FS/c9-6-5-7-3-1-2-4-8(7)10/h1-4,10H,5-6H2. The van der Waals surface area contributed by atoms with Crippen molar-refractivity contribution in [3.8, 4) is 0 Å². The summed E-state index contributed by atoms with van der Waals surface area (Å²) < 4.78 is 11.8. The van der Waals surface area contributed by atoms with Gasteiger partial charge in [-0.1, -0.05) is 18.2 Å². The maximum atomic E-state index is 11.8. The van der Waals surface area contributed by atoms with Gasteiger partial charge in [0.25, 0.3) is 0 Å². The van der Waals surface area contributed by atoms with Crippen LogP contribution in [-0.4, -0.2) is 6.67 Å². The molecule has 0 atom stereocenters. The highest BCUT2D eigenvalue weighted by atomic mass is 32.1. The van der Waals surface area contributed by atoms with E-state index in [-0.39, 0.29) is 6.67 Å². The summed E-state index contributed by atoms with van der Waals surface area (Å²) in [5.74, 6) is 0. The fourth-order valence-corrected chi connectivity index (χ4v) is 1.10. The molecule has 0 bridgehead atoms. The second kappa shape index (κ2) is 3.62. The van der Waals surface area contributed by atoms with E-state index in [1.54, 1.807) is 0 Å². The lowest BCUT2D eigenvalue weighted by Crippen LogP contribution is -1.87. The van der Waals surface area contributed by atoms with E-state index in [2.05, 4.69) is 12.6 Å². The SMILES string of the molecule is FCCc1ccccc1S. The molecule has 0 nitrogen and oxygen atoms in total. The van der Waals surface area contributed by atoms with Crippen LogP contribution in [-0.2, 0) is 6.42 Å². The van der Waals surface area contributed by atoms with Crippen LogP contribution in [0.4, 0.5) is 4.39 Å². The molecular weight excluding hydrogens is 147 g/mol. The fraction of sp³-hybridized carbons (Fsp3) is 0.250. The molecule has 0 unspecified atom stereocenters. The van der Waals surface area contributed by atoms with Gasteiger partial charge in [-0.25, -0.2) is 0 Å². The van der Waals surface area contributed by atoms with Crippen LogP contribution < -0.4 is 0 Å². The zero-order valence-electron chi connectivity index (χ0n) is 5.55. The molecule has 0 aliphatic rings. The summed E-state index contributed by atoms with van der Waals surface area (Å²) in [4.78, 5) is 0.875. The number of halogens is 1. The molecule has 0 aromatic heterocycles. The maximum Gasteiger partial charge on any atom is 0.0935 e. The Morgan fingerprint density at radius 3 is 2.60 bits per heavy atom. The number of alkyl halides is 1. The van der Waals surface area contributed by atoms with E-state index in [9.17, 15) is 4.39 Å². The highest BCUT2D eigenvalue weighted by Crippen LogP contribution is 2.12. The second-order valence-electron chi connectivity index (χ2n) is 2.07. The van der Waals surface area contributed by atoms with Crippen molar-refractivity contribution >= 4 is 12.6 Å². The van der Waals surface area contributed by atoms with E-state index >= 15 is 0 Å². The molecule has 0 spiro atoms. The average Bonchev–Trinajstić information content (AvgIpc) is 1.94. The van der Waals surface area contributed by atoms with Gasteiger partial charge in [-0.05, 0) is 11.6 Å². The minimum absolute atomic E-state index is 0.308. The van der Waals surface area contributed by atoms with E-state index in [0.29, 0.717) is 6.42 Å². The predicted molar refractivity (Wildman–Crippen MR) is 43.4 cm³/mol. The van der Waals surface area contributed by atoms with Crippen LogP contribution in [0.3, 0.4) is 0 Å². The number of benzene rings is 1. The molecular formula is C8H9FS. The molecule has 0 amide bonds. The van der Waals surface area contributed by atoms with Crippen molar-refractivity contribution in [1.82, 2.24) is 0 Å². The van der Waals surface area contributed by atoms with Gasteiger partial charge in [0.15, 0.2) is 0 Å². The molecule has 0 radical (unpaired) electrons. The van der Waals surface area contributed by atoms with E-state index in [4.69, 9.17) is 0 Å². The van der Waals surface area contributed by atoms with Gasteiger partial charge in [0, 0.05) is 11.3 Å². The zero-order valence-corrected chi connectivity index (χ0v) is 6.44. The lowest BCUT2D eigenvalue weighted by atomic mass is 10.2. The lowest BCUT2D eigenvalue weighted by Gasteiger charge is -1.99. The molecule has 0 N–H and O–H groups in total. The molecule has 1 aromatic rings. The van der Waals surface area contributed by atoms with E-state index in [0.717, 1.165) is 10.5 Å². The van der Waals surface area contributed by atoms with Crippen LogP contribution in [0.25, 0.3) is 0 Å². The van der Waals surface area contributed by atoms with Crippen molar-refractivity contribution in [3.05, 3.63) is 29.8 Å². The fourth-order valence-electron chi connectivity index (χ4n) is 0.824. The zero-order chi connectivity index (χ0) is 7.40.